The highest BCUT2D eigenvalue weighted by molar-refractivity contribution is 5.71. The number of benzene rings is 1. The zero-order valence-corrected chi connectivity index (χ0v) is 10.9. The maximum Gasteiger partial charge on any atom is 0.307 e. The molecule has 2 heterocycles. The number of phenols is 1. The molecule has 3 N–H and O–H groups in total. The van der Waals surface area contributed by atoms with Crippen molar-refractivity contribution in [2.24, 2.45) is 5.92 Å². The monoisotopic (exact) mass is 262 g/mol. The number of nitrogens with one attached hydrogen (secondary N) is 1. The van der Waals surface area contributed by atoms with E-state index < -0.39 is 5.97 Å². The van der Waals surface area contributed by atoms with Gasteiger partial charge in [0.05, 0.1) is 5.92 Å². The molecular weight excluding hydrogens is 244 g/mol. The summed E-state index contributed by atoms with van der Waals surface area (Å²) in [6, 6.07) is 3.88. The van der Waals surface area contributed by atoms with Crippen LogP contribution in [0, 0.1) is 5.92 Å². The Hall–Kier alpha value is -1.75. The van der Waals surface area contributed by atoms with E-state index in [2.05, 4.69) is 10.2 Å². The first-order valence-corrected chi connectivity index (χ1v) is 6.60. The molecule has 2 atom stereocenters. The number of hydrogen-bond acceptors (Lipinski definition) is 4. The summed E-state index contributed by atoms with van der Waals surface area (Å²) < 4.78 is 0. The molecule has 1 saturated heterocycles. The van der Waals surface area contributed by atoms with Gasteiger partial charge in [-0.3, -0.25) is 4.79 Å². The summed E-state index contributed by atoms with van der Waals surface area (Å²) in [6.45, 7) is 1.39. The van der Waals surface area contributed by atoms with Crippen molar-refractivity contribution in [1.29, 1.82) is 0 Å². The highest BCUT2D eigenvalue weighted by Gasteiger charge is 2.33. The number of phenolic OH excluding ortho intramolecular Hbond substituents is 1. The Balaban J connectivity index is 1.89. The average molecular weight is 262 g/mol. The molecule has 2 aliphatic heterocycles. The van der Waals surface area contributed by atoms with Gasteiger partial charge in [0.25, 0.3) is 0 Å². The fraction of sp³-hybridized carbons (Fsp3) is 0.500. The average Bonchev–Trinajstić information content (AvgIpc) is 2.98. The molecule has 2 unspecified atom stereocenters. The molecule has 1 aromatic rings. The van der Waals surface area contributed by atoms with Gasteiger partial charge in [0.2, 0.25) is 0 Å². The third-order valence-electron chi connectivity index (χ3n) is 4.25. The zero-order chi connectivity index (χ0) is 13.6. The molecule has 0 spiro atoms. The largest absolute Gasteiger partial charge is 0.507 e. The van der Waals surface area contributed by atoms with E-state index in [1.807, 2.05) is 19.2 Å². The van der Waals surface area contributed by atoms with Crippen molar-refractivity contribution in [2.75, 3.05) is 25.0 Å². The summed E-state index contributed by atoms with van der Waals surface area (Å²) in [5.74, 6) is -0.791. The van der Waals surface area contributed by atoms with Gasteiger partial charge in [0.1, 0.15) is 5.75 Å². The van der Waals surface area contributed by atoms with Crippen molar-refractivity contribution in [3.63, 3.8) is 0 Å². The Morgan fingerprint density at radius 2 is 2.26 bits per heavy atom. The van der Waals surface area contributed by atoms with Gasteiger partial charge in [0.15, 0.2) is 0 Å². The van der Waals surface area contributed by atoms with Crippen LogP contribution >= 0.6 is 0 Å². The highest BCUT2D eigenvalue weighted by atomic mass is 16.4. The molecule has 0 aromatic heterocycles. The van der Waals surface area contributed by atoms with Crippen LogP contribution in [0.25, 0.3) is 0 Å². The highest BCUT2D eigenvalue weighted by Crippen LogP contribution is 2.41. The predicted octanol–water partition coefficient (Wildman–Crippen LogP) is 1.12. The number of anilines is 1. The van der Waals surface area contributed by atoms with Crippen LogP contribution in [0.3, 0.4) is 0 Å². The van der Waals surface area contributed by atoms with E-state index >= 15 is 0 Å². The zero-order valence-electron chi connectivity index (χ0n) is 10.9. The van der Waals surface area contributed by atoms with E-state index in [1.165, 1.54) is 0 Å². The van der Waals surface area contributed by atoms with E-state index in [0.29, 0.717) is 18.7 Å². The van der Waals surface area contributed by atoms with Crippen molar-refractivity contribution in [3.8, 4) is 5.75 Å². The number of hydrogen-bond donors (Lipinski definition) is 3. The molecular formula is C14H18N2O3. The van der Waals surface area contributed by atoms with E-state index in [-0.39, 0.29) is 12.0 Å². The Morgan fingerprint density at radius 3 is 2.95 bits per heavy atom. The Morgan fingerprint density at radius 1 is 1.47 bits per heavy atom. The van der Waals surface area contributed by atoms with Gasteiger partial charge in [0, 0.05) is 43.0 Å². The summed E-state index contributed by atoms with van der Waals surface area (Å²) >= 11 is 0. The van der Waals surface area contributed by atoms with Gasteiger partial charge >= 0.3 is 5.97 Å². The SMILES string of the molecule is CN1CCc2c1ccc(C1CC(C(=O)O)CN1)c2O. The summed E-state index contributed by atoms with van der Waals surface area (Å²) in [5, 5.41) is 22.6. The second kappa shape index (κ2) is 4.42. The van der Waals surface area contributed by atoms with Gasteiger partial charge < -0.3 is 20.4 Å². The molecule has 5 heteroatoms. The molecule has 102 valence electrons. The quantitative estimate of drug-likeness (QED) is 0.745. The molecule has 0 radical (unpaired) electrons. The van der Waals surface area contributed by atoms with Gasteiger partial charge in [-0.1, -0.05) is 6.07 Å². The number of aromatic hydroxyl groups is 1. The smallest absolute Gasteiger partial charge is 0.307 e. The van der Waals surface area contributed by atoms with Gasteiger partial charge in [-0.2, -0.15) is 0 Å². The number of carboxylic acids is 1. The molecule has 0 bridgehead atoms. The summed E-state index contributed by atoms with van der Waals surface area (Å²) in [4.78, 5) is 13.1. The number of fused-ring (bicyclic) bond motifs is 1. The van der Waals surface area contributed by atoms with E-state index in [0.717, 1.165) is 29.8 Å². The lowest BCUT2D eigenvalue weighted by molar-refractivity contribution is -0.141. The molecule has 0 saturated carbocycles. The number of likely N-dealkylation sites (N-methyl/N-ethyl adjacent to an activating group) is 1. The van der Waals surface area contributed by atoms with Crippen LogP contribution < -0.4 is 10.2 Å². The summed E-state index contributed by atoms with van der Waals surface area (Å²) in [6.07, 6.45) is 1.39. The van der Waals surface area contributed by atoms with E-state index in [4.69, 9.17) is 5.11 Å². The minimum atomic E-state index is -0.768. The summed E-state index contributed by atoms with van der Waals surface area (Å²) in [5.41, 5.74) is 2.90. The van der Waals surface area contributed by atoms with Crippen molar-refractivity contribution in [2.45, 2.75) is 18.9 Å². The first kappa shape index (κ1) is 12.3. The van der Waals surface area contributed by atoms with Crippen LogP contribution in [0.4, 0.5) is 5.69 Å². The number of rotatable bonds is 2. The molecule has 0 amide bonds. The van der Waals surface area contributed by atoms with Crippen LogP contribution in [0.2, 0.25) is 0 Å². The third kappa shape index (κ3) is 1.94. The minimum Gasteiger partial charge on any atom is -0.507 e. The van der Waals surface area contributed by atoms with Crippen LogP contribution in [-0.4, -0.2) is 36.3 Å². The number of aliphatic carboxylic acids is 1. The van der Waals surface area contributed by atoms with Crippen molar-refractivity contribution in [1.82, 2.24) is 5.32 Å². The van der Waals surface area contributed by atoms with E-state index in [1.54, 1.807) is 0 Å². The van der Waals surface area contributed by atoms with Crippen molar-refractivity contribution < 1.29 is 15.0 Å². The lowest BCUT2D eigenvalue weighted by Crippen LogP contribution is -2.17. The fourth-order valence-electron chi connectivity index (χ4n) is 3.09. The maximum absolute atomic E-state index is 11.0. The fourth-order valence-corrected chi connectivity index (χ4v) is 3.09. The molecule has 3 rings (SSSR count). The van der Waals surface area contributed by atoms with Crippen molar-refractivity contribution >= 4 is 11.7 Å². The molecule has 1 fully saturated rings. The molecule has 0 aliphatic carbocycles. The molecule has 5 nitrogen and oxygen atoms in total. The first-order valence-electron chi connectivity index (χ1n) is 6.60. The number of carbonyl (C=O) groups is 1. The lowest BCUT2D eigenvalue weighted by Gasteiger charge is -2.17. The maximum atomic E-state index is 11.0. The van der Waals surface area contributed by atoms with Crippen LogP contribution in [0.1, 0.15) is 23.6 Å². The van der Waals surface area contributed by atoms with Crippen LogP contribution in [0.5, 0.6) is 5.75 Å². The van der Waals surface area contributed by atoms with Crippen LogP contribution in [0.15, 0.2) is 12.1 Å². The number of nitrogens with zero attached hydrogens (tertiary/aromatic N) is 1. The predicted molar refractivity (Wildman–Crippen MR) is 71.6 cm³/mol. The van der Waals surface area contributed by atoms with Crippen LogP contribution in [-0.2, 0) is 11.2 Å². The molecule has 19 heavy (non-hydrogen) atoms. The van der Waals surface area contributed by atoms with Gasteiger partial charge in [-0.05, 0) is 18.9 Å². The molecule has 2 aliphatic rings. The first-order chi connectivity index (χ1) is 9.08. The third-order valence-corrected chi connectivity index (χ3v) is 4.25. The Bertz CT molecular complexity index is 530. The standard InChI is InChI=1S/C14H18N2O3/c1-16-5-4-10-12(16)3-2-9(13(10)17)11-6-8(7-15-11)14(18)19/h2-3,8,11,15,17H,4-7H2,1H3,(H,18,19). The Labute approximate surface area is 111 Å². The second-order valence-corrected chi connectivity index (χ2v) is 5.40. The van der Waals surface area contributed by atoms with Gasteiger partial charge in [-0.15, -0.1) is 0 Å². The van der Waals surface area contributed by atoms with Gasteiger partial charge in [-0.25, -0.2) is 0 Å². The van der Waals surface area contributed by atoms with E-state index in [9.17, 15) is 9.90 Å². The minimum absolute atomic E-state index is 0.0580. The second-order valence-electron chi connectivity index (χ2n) is 5.40. The summed E-state index contributed by atoms with van der Waals surface area (Å²) in [7, 11) is 2.01. The lowest BCUT2D eigenvalue weighted by atomic mass is 9.96. The molecule has 1 aromatic carbocycles. The number of carboxylic acid groups (broad SMARTS) is 1. The normalized spacial score (nSPS) is 25.6. The Kier molecular flexibility index (Phi) is 2.86. The van der Waals surface area contributed by atoms with Crippen molar-refractivity contribution in [3.05, 3.63) is 23.3 Å². The topological polar surface area (TPSA) is 72.8 Å².